The molecule has 0 aliphatic rings. The van der Waals surface area contributed by atoms with E-state index in [0.29, 0.717) is 21.7 Å². The molecule has 0 spiro atoms. The Morgan fingerprint density at radius 2 is 1.83 bits per heavy atom. The molecule has 0 unspecified atom stereocenters. The predicted molar refractivity (Wildman–Crippen MR) is 130 cm³/mol. The van der Waals surface area contributed by atoms with Crippen LogP contribution in [0, 0.1) is 11.8 Å². The van der Waals surface area contributed by atoms with Gasteiger partial charge in [0.2, 0.25) is 16.0 Å². The Morgan fingerprint density at radius 3 is 2.47 bits per heavy atom. The summed E-state index contributed by atoms with van der Waals surface area (Å²) >= 11 is 1.35. The number of benzene rings is 1. The Hall–Kier alpha value is -3.80. The molecule has 0 saturated carbocycles. The Labute approximate surface area is 208 Å². The maximum absolute atomic E-state index is 12.9. The zero-order chi connectivity index (χ0) is 25.9. The van der Waals surface area contributed by atoms with Crippen LogP contribution in [0.25, 0.3) is 11.0 Å². The average molecular weight is 534 g/mol. The predicted octanol–water partition coefficient (Wildman–Crippen LogP) is 3.68. The van der Waals surface area contributed by atoms with Gasteiger partial charge < -0.3 is 10.6 Å². The molecule has 186 valence electrons. The number of fused-ring (bicyclic) bond motifs is 1. The normalized spacial score (nSPS) is 12.6. The molecule has 4 N–H and O–H groups in total. The maximum atomic E-state index is 12.9. The lowest BCUT2D eigenvalue weighted by atomic mass is 10.1. The molecule has 36 heavy (non-hydrogen) atoms. The monoisotopic (exact) mass is 533 g/mol. The van der Waals surface area contributed by atoms with Gasteiger partial charge in [0.15, 0.2) is 5.82 Å². The number of hydrogen-bond donors (Lipinski definition) is 3. The average Bonchev–Trinajstić information content (AvgIpc) is 3.34. The van der Waals surface area contributed by atoms with E-state index in [1.807, 2.05) is 0 Å². The lowest BCUT2D eigenvalue weighted by molar-refractivity contribution is -0.115. The van der Waals surface area contributed by atoms with Crippen LogP contribution in [0.4, 0.5) is 24.9 Å². The minimum atomic E-state index is -4.48. The zero-order valence-electron chi connectivity index (χ0n) is 18.5. The molecule has 14 heteroatoms. The fourth-order valence-corrected chi connectivity index (χ4v) is 4.06. The number of thiazole rings is 1. The first-order valence-corrected chi connectivity index (χ1v) is 12.7. The summed E-state index contributed by atoms with van der Waals surface area (Å²) < 4.78 is 61.7. The number of nitrogens with one attached hydrogen (secondary N) is 2. The molecule has 3 heterocycles. The number of halogens is 3. The first-order chi connectivity index (χ1) is 17.0. The molecule has 1 aromatic carbocycles. The summed E-state index contributed by atoms with van der Waals surface area (Å²) in [7, 11) is -3.84. The highest BCUT2D eigenvalue weighted by molar-refractivity contribution is 7.89. The van der Waals surface area contributed by atoms with Crippen LogP contribution in [0.2, 0.25) is 0 Å². The van der Waals surface area contributed by atoms with Gasteiger partial charge in [-0.25, -0.2) is 23.5 Å². The third kappa shape index (κ3) is 6.45. The van der Waals surface area contributed by atoms with E-state index < -0.39 is 28.8 Å². The van der Waals surface area contributed by atoms with Crippen molar-refractivity contribution < 1.29 is 21.6 Å². The van der Waals surface area contributed by atoms with Crippen molar-refractivity contribution in [2.45, 2.75) is 24.0 Å². The summed E-state index contributed by atoms with van der Waals surface area (Å²) in [4.78, 5) is 17.5. The number of anilines is 2. The van der Waals surface area contributed by atoms with Crippen molar-refractivity contribution in [2.24, 2.45) is 5.14 Å². The van der Waals surface area contributed by atoms with Crippen molar-refractivity contribution in [1.82, 2.24) is 19.9 Å². The molecule has 4 rings (SSSR count). The number of hydrogen-bond acceptors (Lipinski definition) is 9. The van der Waals surface area contributed by atoms with Crippen molar-refractivity contribution in [3.8, 4) is 11.8 Å². The highest BCUT2D eigenvalue weighted by Gasteiger charge is 2.27. The van der Waals surface area contributed by atoms with Gasteiger partial charge in [-0.15, -0.1) is 11.3 Å². The van der Waals surface area contributed by atoms with Crippen LogP contribution in [0.3, 0.4) is 0 Å². The molecular weight excluding hydrogens is 515 g/mol. The van der Waals surface area contributed by atoms with Gasteiger partial charge in [0.05, 0.1) is 33.0 Å². The summed E-state index contributed by atoms with van der Waals surface area (Å²) in [5.41, 5.74) is 3.08. The topological polar surface area (TPSA) is 136 Å². The quantitative estimate of drug-likeness (QED) is 0.320. The lowest BCUT2D eigenvalue weighted by Gasteiger charge is -2.17. The van der Waals surface area contributed by atoms with Crippen LogP contribution in [0.1, 0.15) is 29.1 Å². The van der Waals surface area contributed by atoms with E-state index in [1.165, 1.54) is 23.5 Å². The summed E-state index contributed by atoms with van der Waals surface area (Å²) in [5.74, 6) is 5.70. The molecular formula is C22H18F3N7O2S2. The standard InChI is InChI=1S/C22H18F3N7O2S2/c1-13(14-2-7-17(8-3-14)36(26,33)34)29-21-31-18-9-5-15(4-6-16-10-27-12-35-16)30-19(18)20(32-21)28-11-22(23,24)25/h2-3,5,7-10,12-13H,11H2,1H3,(H2,26,33,34)(H2,28,29,31,32)/t13-/m1/s1. The molecule has 0 radical (unpaired) electrons. The molecule has 0 saturated heterocycles. The second-order valence-electron chi connectivity index (χ2n) is 7.52. The number of primary sulfonamides is 1. The third-order valence-electron chi connectivity index (χ3n) is 4.80. The lowest BCUT2D eigenvalue weighted by Crippen LogP contribution is -2.22. The van der Waals surface area contributed by atoms with Gasteiger partial charge in [0.25, 0.3) is 0 Å². The summed E-state index contributed by atoms with van der Waals surface area (Å²) in [6.07, 6.45) is -2.88. The number of sulfonamides is 1. The van der Waals surface area contributed by atoms with Gasteiger partial charge in [-0.2, -0.15) is 18.2 Å². The summed E-state index contributed by atoms with van der Waals surface area (Å²) in [6, 6.07) is 8.64. The van der Waals surface area contributed by atoms with E-state index >= 15 is 0 Å². The molecule has 3 aromatic heterocycles. The van der Waals surface area contributed by atoms with E-state index in [-0.39, 0.29) is 22.2 Å². The van der Waals surface area contributed by atoms with E-state index in [2.05, 4.69) is 42.4 Å². The summed E-state index contributed by atoms with van der Waals surface area (Å²) in [6.45, 7) is 0.445. The number of pyridine rings is 1. The minimum absolute atomic E-state index is 0.0423. The van der Waals surface area contributed by atoms with Crippen LogP contribution >= 0.6 is 11.3 Å². The smallest absolute Gasteiger partial charge is 0.359 e. The van der Waals surface area contributed by atoms with Gasteiger partial charge in [-0.05, 0) is 48.6 Å². The van der Waals surface area contributed by atoms with Crippen LogP contribution in [-0.2, 0) is 10.0 Å². The second-order valence-corrected chi connectivity index (χ2v) is 9.97. The van der Waals surface area contributed by atoms with Crippen molar-refractivity contribution in [1.29, 1.82) is 0 Å². The SMILES string of the molecule is C[C@@H](Nc1nc(NCC(F)(F)F)c2nc(C#Cc3cncs3)ccc2n1)c1ccc(S(N)(=O)=O)cc1. The van der Waals surface area contributed by atoms with Crippen LogP contribution in [0.5, 0.6) is 0 Å². The van der Waals surface area contributed by atoms with Gasteiger partial charge in [0, 0.05) is 0 Å². The molecule has 1 atom stereocenters. The maximum Gasteiger partial charge on any atom is 0.405 e. The molecule has 4 aromatic rings. The van der Waals surface area contributed by atoms with Crippen LogP contribution in [-0.4, -0.2) is 41.1 Å². The second kappa shape index (κ2) is 10.1. The fourth-order valence-electron chi connectivity index (χ4n) is 3.08. The third-order valence-corrected chi connectivity index (χ3v) is 6.42. The highest BCUT2D eigenvalue weighted by Crippen LogP contribution is 2.25. The number of alkyl halides is 3. The molecule has 0 amide bonds. The van der Waals surface area contributed by atoms with E-state index in [1.54, 1.807) is 42.9 Å². The van der Waals surface area contributed by atoms with Crippen LogP contribution in [0.15, 0.2) is 53.0 Å². The van der Waals surface area contributed by atoms with Crippen molar-refractivity contribution in [3.63, 3.8) is 0 Å². The molecule has 0 fully saturated rings. The van der Waals surface area contributed by atoms with Gasteiger partial charge >= 0.3 is 6.18 Å². The van der Waals surface area contributed by atoms with Gasteiger partial charge in [-0.1, -0.05) is 12.1 Å². The van der Waals surface area contributed by atoms with E-state index in [9.17, 15) is 21.6 Å². The minimum Gasteiger partial charge on any atom is -0.359 e. The highest BCUT2D eigenvalue weighted by atomic mass is 32.2. The molecule has 9 nitrogen and oxygen atoms in total. The number of aromatic nitrogens is 4. The van der Waals surface area contributed by atoms with Crippen LogP contribution < -0.4 is 15.8 Å². The largest absolute Gasteiger partial charge is 0.405 e. The fraction of sp³-hybridized carbons (Fsp3) is 0.182. The number of rotatable bonds is 6. The first kappa shape index (κ1) is 25.3. The zero-order valence-corrected chi connectivity index (χ0v) is 20.2. The Kier molecular flexibility index (Phi) is 7.07. The van der Waals surface area contributed by atoms with Crippen molar-refractivity contribution in [3.05, 3.63) is 64.2 Å². The first-order valence-electron chi connectivity index (χ1n) is 10.3. The number of nitrogens with zero attached hydrogens (tertiary/aromatic N) is 4. The Morgan fingerprint density at radius 1 is 1.08 bits per heavy atom. The Bertz CT molecular complexity index is 1550. The molecule has 0 bridgehead atoms. The van der Waals surface area contributed by atoms with Crippen molar-refractivity contribution >= 4 is 44.2 Å². The van der Waals surface area contributed by atoms with Crippen molar-refractivity contribution in [2.75, 3.05) is 17.2 Å². The van der Waals surface area contributed by atoms with Gasteiger partial charge in [0.1, 0.15) is 17.8 Å². The van der Waals surface area contributed by atoms with E-state index in [0.717, 1.165) is 0 Å². The number of nitrogens with two attached hydrogens (primary N) is 1. The molecule has 0 aliphatic heterocycles. The van der Waals surface area contributed by atoms with E-state index in [4.69, 9.17) is 5.14 Å². The van der Waals surface area contributed by atoms with Gasteiger partial charge in [-0.3, -0.25) is 4.98 Å². The summed E-state index contributed by atoms with van der Waals surface area (Å²) in [5, 5.41) is 10.4. The molecule has 0 aliphatic carbocycles. The Balaban J connectivity index is 1.65.